The third kappa shape index (κ3) is 3.10. The van der Waals surface area contributed by atoms with Gasteiger partial charge in [0.05, 0.1) is 0 Å². The third-order valence-electron chi connectivity index (χ3n) is 3.80. The van der Waals surface area contributed by atoms with Crippen molar-refractivity contribution in [3.8, 4) is 0 Å². The fourth-order valence-corrected chi connectivity index (χ4v) is 3.25. The Bertz CT molecular complexity index is 340. The molecule has 0 saturated carbocycles. The van der Waals surface area contributed by atoms with Crippen molar-refractivity contribution in [2.45, 2.75) is 44.8 Å². The number of amidine groups is 1. The molecular formula is C12H23N3O2S. The minimum atomic E-state index is -0.936. The molecule has 1 heterocycles. The van der Waals surface area contributed by atoms with E-state index in [9.17, 15) is 4.79 Å². The zero-order valence-corrected chi connectivity index (χ0v) is 12.1. The molecule has 0 bridgehead atoms. The van der Waals surface area contributed by atoms with Gasteiger partial charge < -0.3 is 16.3 Å². The minimum absolute atomic E-state index is 0.0354. The van der Waals surface area contributed by atoms with Crippen LogP contribution in [0.25, 0.3) is 0 Å². The van der Waals surface area contributed by atoms with Gasteiger partial charge in [-0.05, 0) is 38.9 Å². The first-order chi connectivity index (χ1) is 8.38. The van der Waals surface area contributed by atoms with E-state index in [2.05, 4.69) is 17.4 Å². The molecule has 0 aromatic rings. The SMILES string of the molecule is CCC(C)(C(=O)NCC1(C)CCCS1)C(N)=NO. The van der Waals surface area contributed by atoms with Crippen LogP contribution in [0.2, 0.25) is 0 Å². The smallest absolute Gasteiger partial charge is 0.233 e. The van der Waals surface area contributed by atoms with Crippen LogP contribution in [0.3, 0.4) is 0 Å². The van der Waals surface area contributed by atoms with Crippen LogP contribution >= 0.6 is 11.8 Å². The summed E-state index contributed by atoms with van der Waals surface area (Å²) in [7, 11) is 0. The summed E-state index contributed by atoms with van der Waals surface area (Å²) < 4.78 is 0.120. The Hall–Kier alpha value is -0.910. The summed E-state index contributed by atoms with van der Waals surface area (Å²) >= 11 is 1.89. The number of nitrogens with two attached hydrogens (primary N) is 1. The molecule has 2 atom stereocenters. The lowest BCUT2D eigenvalue weighted by atomic mass is 9.85. The Morgan fingerprint density at radius 1 is 1.67 bits per heavy atom. The van der Waals surface area contributed by atoms with E-state index in [1.807, 2.05) is 18.7 Å². The van der Waals surface area contributed by atoms with Gasteiger partial charge in [0.1, 0.15) is 5.41 Å². The maximum absolute atomic E-state index is 12.2. The Morgan fingerprint density at radius 2 is 2.33 bits per heavy atom. The van der Waals surface area contributed by atoms with Gasteiger partial charge >= 0.3 is 0 Å². The predicted octanol–water partition coefficient (Wildman–Crippen LogP) is 1.55. The van der Waals surface area contributed by atoms with Gasteiger partial charge in [0.15, 0.2) is 5.84 Å². The Balaban J connectivity index is 2.63. The maximum atomic E-state index is 12.2. The zero-order valence-electron chi connectivity index (χ0n) is 11.3. The fourth-order valence-electron chi connectivity index (χ4n) is 2.01. The van der Waals surface area contributed by atoms with Crippen LogP contribution in [0.15, 0.2) is 5.16 Å². The highest BCUT2D eigenvalue weighted by Gasteiger charge is 2.38. The van der Waals surface area contributed by atoms with Crippen molar-refractivity contribution in [2.75, 3.05) is 12.3 Å². The molecule has 0 aromatic heterocycles. The third-order valence-corrected chi connectivity index (χ3v) is 5.34. The number of thioether (sulfide) groups is 1. The summed E-state index contributed by atoms with van der Waals surface area (Å²) in [5.41, 5.74) is 4.68. The highest BCUT2D eigenvalue weighted by atomic mass is 32.2. The summed E-state index contributed by atoms with van der Waals surface area (Å²) in [6, 6.07) is 0. The lowest BCUT2D eigenvalue weighted by Crippen LogP contribution is -2.50. The Morgan fingerprint density at radius 3 is 2.78 bits per heavy atom. The lowest BCUT2D eigenvalue weighted by molar-refractivity contribution is -0.127. The molecule has 0 aromatic carbocycles. The van der Waals surface area contributed by atoms with Crippen LogP contribution in [-0.2, 0) is 4.79 Å². The van der Waals surface area contributed by atoms with Gasteiger partial charge in [-0.3, -0.25) is 4.79 Å². The number of amides is 1. The van der Waals surface area contributed by atoms with Crippen LogP contribution < -0.4 is 11.1 Å². The molecule has 2 unspecified atom stereocenters. The summed E-state index contributed by atoms with van der Waals surface area (Å²) in [6.07, 6.45) is 2.81. The first-order valence-corrected chi connectivity index (χ1v) is 7.27. The second-order valence-electron chi connectivity index (χ2n) is 5.26. The molecule has 0 spiro atoms. The van der Waals surface area contributed by atoms with Gasteiger partial charge in [0.2, 0.25) is 5.91 Å². The first-order valence-electron chi connectivity index (χ1n) is 6.28. The Labute approximate surface area is 113 Å². The largest absolute Gasteiger partial charge is 0.409 e. The molecule has 1 amide bonds. The van der Waals surface area contributed by atoms with Gasteiger partial charge in [-0.1, -0.05) is 12.1 Å². The highest BCUT2D eigenvalue weighted by Crippen LogP contribution is 2.37. The number of hydrogen-bond donors (Lipinski definition) is 3. The van der Waals surface area contributed by atoms with Crippen LogP contribution in [0.4, 0.5) is 0 Å². The number of carbonyl (C=O) groups excluding carboxylic acids is 1. The van der Waals surface area contributed by atoms with Crippen molar-refractivity contribution in [3.63, 3.8) is 0 Å². The maximum Gasteiger partial charge on any atom is 0.233 e. The van der Waals surface area contributed by atoms with Gasteiger partial charge in [-0.2, -0.15) is 11.8 Å². The molecule has 0 aliphatic carbocycles. The number of nitrogens with zero attached hydrogens (tertiary/aromatic N) is 1. The summed E-state index contributed by atoms with van der Waals surface area (Å²) in [6.45, 7) is 6.34. The molecule has 1 saturated heterocycles. The normalized spacial score (nSPS) is 27.8. The molecule has 4 N–H and O–H groups in total. The summed E-state index contributed by atoms with van der Waals surface area (Å²) in [5, 5.41) is 14.7. The first kappa shape index (κ1) is 15.1. The zero-order chi connectivity index (χ0) is 13.8. The van der Waals surface area contributed by atoms with Crippen molar-refractivity contribution < 1.29 is 10.0 Å². The van der Waals surface area contributed by atoms with E-state index in [0.717, 1.165) is 12.2 Å². The average Bonchev–Trinajstić information content (AvgIpc) is 2.81. The van der Waals surface area contributed by atoms with Gasteiger partial charge in [0.25, 0.3) is 0 Å². The van der Waals surface area contributed by atoms with Crippen LogP contribution in [0.5, 0.6) is 0 Å². The van der Waals surface area contributed by atoms with Gasteiger partial charge in [0, 0.05) is 11.3 Å². The van der Waals surface area contributed by atoms with E-state index < -0.39 is 5.41 Å². The molecule has 1 fully saturated rings. The molecule has 5 nitrogen and oxygen atoms in total. The molecule has 1 aliphatic heterocycles. The van der Waals surface area contributed by atoms with E-state index >= 15 is 0 Å². The lowest BCUT2D eigenvalue weighted by Gasteiger charge is -2.29. The van der Waals surface area contributed by atoms with E-state index in [1.165, 1.54) is 6.42 Å². The van der Waals surface area contributed by atoms with Crippen LogP contribution in [-0.4, -0.2) is 34.0 Å². The summed E-state index contributed by atoms with van der Waals surface area (Å²) in [4.78, 5) is 12.2. The van der Waals surface area contributed by atoms with Gasteiger partial charge in [-0.15, -0.1) is 0 Å². The topological polar surface area (TPSA) is 87.7 Å². The Kier molecular flexibility index (Phi) is 4.90. The second-order valence-corrected chi connectivity index (χ2v) is 6.94. The summed E-state index contributed by atoms with van der Waals surface area (Å²) in [5.74, 6) is 0.943. The molecular weight excluding hydrogens is 250 g/mol. The van der Waals surface area contributed by atoms with Crippen LogP contribution in [0, 0.1) is 5.41 Å². The van der Waals surface area contributed by atoms with Crippen molar-refractivity contribution in [3.05, 3.63) is 0 Å². The standard InChI is InChI=1S/C12H23N3O2S/c1-4-12(3,9(13)15-17)10(16)14-8-11(2)6-5-7-18-11/h17H,4-8H2,1-3H3,(H2,13,15)(H,14,16). The van der Waals surface area contributed by atoms with Crippen molar-refractivity contribution >= 4 is 23.5 Å². The quantitative estimate of drug-likeness (QED) is 0.307. The number of oxime groups is 1. The molecule has 1 aliphatic rings. The van der Waals surface area contributed by atoms with Crippen molar-refractivity contribution in [1.29, 1.82) is 0 Å². The van der Waals surface area contributed by atoms with Crippen molar-refractivity contribution in [1.82, 2.24) is 5.32 Å². The molecule has 104 valence electrons. The monoisotopic (exact) mass is 273 g/mol. The average molecular weight is 273 g/mol. The van der Waals surface area contributed by atoms with E-state index in [0.29, 0.717) is 13.0 Å². The molecule has 1 rings (SSSR count). The predicted molar refractivity (Wildman–Crippen MR) is 74.9 cm³/mol. The highest BCUT2D eigenvalue weighted by molar-refractivity contribution is 8.00. The second kappa shape index (κ2) is 5.82. The minimum Gasteiger partial charge on any atom is -0.409 e. The van der Waals surface area contributed by atoms with Crippen LogP contribution in [0.1, 0.15) is 40.0 Å². The number of nitrogens with one attached hydrogen (secondary N) is 1. The molecule has 6 heteroatoms. The fraction of sp³-hybridized carbons (Fsp3) is 0.833. The van der Waals surface area contributed by atoms with E-state index in [1.54, 1.807) is 6.92 Å². The van der Waals surface area contributed by atoms with Crippen molar-refractivity contribution in [2.24, 2.45) is 16.3 Å². The number of rotatable bonds is 5. The molecule has 0 radical (unpaired) electrons. The molecule has 18 heavy (non-hydrogen) atoms. The number of carbonyl (C=O) groups is 1. The van der Waals surface area contributed by atoms with Gasteiger partial charge in [-0.25, -0.2) is 0 Å². The number of hydrogen-bond acceptors (Lipinski definition) is 4. The van der Waals surface area contributed by atoms with E-state index in [-0.39, 0.29) is 16.5 Å². The van der Waals surface area contributed by atoms with E-state index in [4.69, 9.17) is 10.9 Å².